The molecule has 2 aromatic heterocycles. The molecule has 0 aliphatic carbocycles. The molecule has 1 saturated heterocycles. The van der Waals surface area contributed by atoms with E-state index in [0.29, 0.717) is 47.0 Å². The molecule has 196 valence electrons. The lowest BCUT2D eigenvalue weighted by atomic mass is 10.1. The zero-order valence-electron chi connectivity index (χ0n) is 20.3. The number of aromatic nitrogens is 2. The van der Waals surface area contributed by atoms with E-state index in [-0.39, 0.29) is 31.7 Å². The summed E-state index contributed by atoms with van der Waals surface area (Å²) < 4.78 is 13.1. The SMILES string of the molecule is CCOC(=O)N1CCc2c(sc3c2c(=O)n(-c2ccc(Cl)cc2)c(=O)n3CC(=O)NC[C@H]2CCCO2)C1. The van der Waals surface area contributed by atoms with Crippen LogP contribution in [0.2, 0.25) is 5.02 Å². The standard InChI is InChI=1S/C25H27ClN4O6S/c1-2-35-25(34)28-10-9-18-19(13-28)37-23-21(18)22(32)30(16-7-5-15(26)6-8-16)24(33)29(23)14-20(31)27-12-17-4-3-11-36-17/h5-8,17H,2-4,9-14H2,1H3,(H,27,31)/t17-/m1/s1. The summed E-state index contributed by atoms with van der Waals surface area (Å²) >= 11 is 7.29. The molecule has 0 saturated carbocycles. The average molecular weight is 547 g/mol. The van der Waals surface area contributed by atoms with E-state index in [2.05, 4.69) is 5.32 Å². The summed E-state index contributed by atoms with van der Waals surface area (Å²) in [5, 5.41) is 3.72. The van der Waals surface area contributed by atoms with Gasteiger partial charge in [0.15, 0.2) is 0 Å². The van der Waals surface area contributed by atoms with E-state index < -0.39 is 17.3 Å². The zero-order chi connectivity index (χ0) is 26.1. The Balaban J connectivity index is 1.58. The summed E-state index contributed by atoms with van der Waals surface area (Å²) in [6, 6.07) is 6.40. The minimum absolute atomic E-state index is 0.0355. The van der Waals surface area contributed by atoms with E-state index in [1.54, 1.807) is 36.1 Å². The molecule has 12 heteroatoms. The second kappa shape index (κ2) is 10.7. The second-order valence-corrected chi connectivity index (χ2v) is 10.5. The van der Waals surface area contributed by atoms with Crippen molar-refractivity contribution in [1.29, 1.82) is 0 Å². The third kappa shape index (κ3) is 5.03. The normalized spacial score (nSPS) is 17.1. The number of hydrogen-bond donors (Lipinski definition) is 1. The molecule has 1 N–H and O–H groups in total. The monoisotopic (exact) mass is 546 g/mol. The van der Waals surface area contributed by atoms with Crippen molar-refractivity contribution in [1.82, 2.24) is 19.4 Å². The number of rotatable bonds is 6. The topological polar surface area (TPSA) is 112 Å². The molecular formula is C25H27ClN4O6S. The predicted molar refractivity (Wildman–Crippen MR) is 140 cm³/mol. The van der Waals surface area contributed by atoms with Crippen LogP contribution in [-0.2, 0) is 33.8 Å². The number of halogens is 1. The Kier molecular flexibility index (Phi) is 7.36. The van der Waals surface area contributed by atoms with E-state index in [1.165, 1.54) is 15.9 Å². The van der Waals surface area contributed by atoms with Crippen molar-refractivity contribution in [3.05, 3.63) is 60.6 Å². The van der Waals surface area contributed by atoms with Crippen LogP contribution in [0.5, 0.6) is 0 Å². The highest BCUT2D eigenvalue weighted by molar-refractivity contribution is 7.18. The van der Waals surface area contributed by atoms with Gasteiger partial charge in [0.1, 0.15) is 11.4 Å². The van der Waals surface area contributed by atoms with Crippen LogP contribution in [0.25, 0.3) is 15.9 Å². The number of fused-ring (bicyclic) bond motifs is 3. The van der Waals surface area contributed by atoms with Crippen LogP contribution in [0.4, 0.5) is 4.79 Å². The number of carbonyl (C=O) groups excluding carboxylic acids is 2. The fourth-order valence-electron chi connectivity index (χ4n) is 4.77. The highest BCUT2D eigenvalue weighted by Crippen LogP contribution is 2.33. The minimum Gasteiger partial charge on any atom is -0.450 e. The summed E-state index contributed by atoms with van der Waals surface area (Å²) in [6.45, 7) is 3.46. The Labute approximate surface area is 221 Å². The van der Waals surface area contributed by atoms with Crippen LogP contribution in [0.1, 0.15) is 30.2 Å². The summed E-state index contributed by atoms with van der Waals surface area (Å²) in [4.78, 5) is 55.4. The summed E-state index contributed by atoms with van der Waals surface area (Å²) in [6.07, 6.45) is 1.81. The molecular weight excluding hydrogens is 520 g/mol. The molecule has 2 aliphatic rings. The van der Waals surface area contributed by atoms with Gasteiger partial charge in [-0.05, 0) is 56.0 Å². The number of ether oxygens (including phenoxy) is 2. The first-order valence-electron chi connectivity index (χ1n) is 12.2. The van der Waals surface area contributed by atoms with Gasteiger partial charge in [0.05, 0.1) is 30.3 Å². The third-order valence-corrected chi connectivity index (χ3v) is 8.08. The predicted octanol–water partition coefficient (Wildman–Crippen LogP) is 2.68. The van der Waals surface area contributed by atoms with Crippen molar-refractivity contribution >= 4 is 45.2 Å². The molecule has 1 fully saturated rings. The number of amides is 2. The summed E-state index contributed by atoms with van der Waals surface area (Å²) in [5.74, 6) is -0.347. The van der Waals surface area contributed by atoms with Crippen LogP contribution in [-0.4, -0.2) is 58.4 Å². The van der Waals surface area contributed by atoms with Gasteiger partial charge in [-0.3, -0.25) is 14.2 Å². The van der Waals surface area contributed by atoms with Crippen LogP contribution in [0.15, 0.2) is 33.9 Å². The first-order chi connectivity index (χ1) is 17.9. The highest BCUT2D eigenvalue weighted by Gasteiger charge is 2.29. The number of nitrogens with zero attached hydrogens (tertiary/aromatic N) is 3. The molecule has 1 aromatic carbocycles. The Hall–Kier alpha value is -3.15. The van der Waals surface area contributed by atoms with Gasteiger partial charge in [0, 0.05) is 29.6 Å². The van der Waals surface area contributed by atoms with Gasteiger partial charge >= 0.3 is 11.8 Å². The Morgan fingerprint density at radius 3 is 2.73 bits per heavy atom. The molecule has 0 spiro atoms. The smallest absolute Gasteiger partial charge is 0.410 e. The molecule has 3 aromatic rings. The van der Waals surface area contributed by atoms with Gasteiger partial charge in [-0.1, -0.05) is 11.6 Å². The van der Waals surface area contributed by atoms with Gasteiger partial charge in [0.2, 0.25) is 5.91 Å². The van der Waals surface area contributed by atoms with Crippen LogP contribution >= 0.6 is 22.9 Å². The lowest BCUT2D eigenvalue weighted by molar-refractivity contribution is -0.122. The third-order valence-electron chi connectivity index (χ3n) is 6.59. The van der Waals surface area contributed by atoms with Crippen molar-refractivity contribution in [2.24, 2.45) is 0 Å². The number of carbonyl (C=O) groups is 2. The second-order valence-electron chi connectivity index (χ2n) is 8.98. The van der Waals surface area contributed by atoms with Crippen molar-refractivity contribution < 1.29 is 19.1 Å². The van der Waals surface area contributed by atoms with Gasteiger partial charge in [-0.15, -0.1) is 11.3 Å². The van der Waals surface area contributed by atoms with Gasteiger partial charge in [-0.25, -0.2) is 14.2 Å². The van der Waals surface area contributed by atoms with Crippen molar-refractivity contribution in [3.8, 4) is 5.69 Å². The molecule has 5 rings (SSSR count). The first-order valence-corrected chi connectivity index (χ1v) is 13.4. The first kappa shape index (κ1) is 25.5. The van der Waals surface area contributed by atoms with Crippen molar-refractivity contribution in [3.63, 3.8) is 0 Å². The van der Waals surface area contributed by atoms with Crippen LogP contribution in [0.3, 0.4) is 0 Å². The molecule has 2 amide bonds. The maximum atomic E-state index is 13.7. The fraction of sp³-hybridized carbons (Fsp3) is 0.440. The molecule has 4 heterocycles. The van der Waals surface area contributed by atoms with Gasteiger partial charge in [-0.2, -0.15) is 0 Å². The molecule has 1 atom stereocenters. The summed E-state index contributed by atoms with van der Waals surface area (Å²) in [5.41, 5.74) is 0.0776. The lowest BCUT2D eigenvalue weighted by Gasteiger charge is -2.25. The Morgan fingerprint density at radius 2 is 2.03 bits per heavy atom. The van der Waals surface area contributed by atoms with E-state index in [4.69, 9.17) is 21.1 Å². The molecule has 0 bridgehead atoms. The van der Waals surface area contributed by atoms with Crippen LogP contribution in [0, 0.1) is 0 Å². The van der Waals surface area contributed by atoms with E-state index >= 15 is 0 Å². The molecule has 0 radical (unpaired) electrons. The number of thiophene rings is 1. The minimum atomic E-state index is -0.618. The quantitative estimate of drug-likeness (QED) is 0.509. The van der Waals surface area contributed by atoms with E-state index in [0.717, 1.165) is 27.8 Å². The Bertz CT molecular complexity index is 1460. The van der Waals surface area contributed by atoms with Gasteiger partial charge < -0.3 is 19.7 Å². The number of benzene rings is 1. The Morgan fingerprint density at radius 1 is 1.24 bits per heavy atom. The van der Waals surface area contributed by atoms with E-state index in [9.17, 15) is 19.2 Å². The summed E-state index contributed by atoms with van der Waals surface area (Å²) in [7, 11) is 0. The maximum Gasteiger partial charge on any atom is 0.410 e. The molecule has 0 unspecified atom stereocenters. The number of hydrogen-bond acceptors (Lipinski definition) is 7. The van der Waals surface area contributed by atoms with Crippen molar-refractivity contribution in [2.75, 3.05) is 26.3 Å². The largest absolute Gasteiger partial charge is 0.450 e. The van der Waals surface area contributed by atoms with E-state index in [1.807, 2.05) is 0 Å². The maximum absolute atomic E-state index is 13.7. The number of nitrogens with one attached hydrogen (secondary N) is 1. The van der Waals surface area contributed by atoms with Crippen molar-refractivity contribution in [2.45, 2.75) is 45.4 Å². The lowest BCUT2D eigenvalue weighted by Crippen LogP contribution is -2.42. The molecule has 10 nitrogen and oxygen atoms in total. The molecule has 2 aliphatic heterocycles. The average Bonchev–Trinajstić information content (AvgIpc) is 3.54. The molecule has 37 heavy (non-hydrogen) atoms. The fourth-order valence-corrected chi connectivity index (χ4v) is 6.24. The zero-order valence-corrected chi connectivity index (χ0v) is 21.9. The van der Waals surface area contributed by atoms with Gasteiger partial charge in [0.25, 0.3) is 5.56 Å². The highest BCUT2D eigenvalue weighted by atomic mass is 35.5. The van der Waals surface area contributed by atoms with Crippen LogP contribution < -0.4 is 16.6 Å².